The zero-order valence-electron chi connectivity index (χ0n) is 13.6. The molecule has 2 aromatic carbocycles. The smallest absolute Gasteiger partial charge is 0.251 e. The normalized spacial score (nSPS) is 10.0. The number of nitrogens with one attached hydrogen (secondary N) is 3. The summed E-state index contributed by atoms with van der Waals surface area (Å²) in [7, 11) is 1.58. The Bertz CT molecular complexity index is 726. The molecule has 0 bridgehead atoms. The van der Waals surface area contributed by atoms with Gasteiger partial charge < -0.3 is 16.0 Å². The van der Waals surface area contributed by atoms with Crippen LogP contribution in [0.4, 0.5) is 11.4 Å². The summed E-state index contributed by atoms with van der Waals surface area (Å²) < 4.78 is 0. The predicted molar refractivity (Wildman–Crippen MR) is 92.9 cm³/mol. The molecule has 2 rings (SSSR count). The second-order valence-corrected chi connectivity index (χ2v) is 5.31. The van der Waals surface area contributed by atoms with Crippen molar-refractivity contribution in [2.24, 2.45) is 0 Å². The van der Waals surface area contributed by atoms with Crippen molar-refractivity contribution >= 4 is 23.2 Å². The van der Waals surface area contributed by atoms with Crippen molar-refractivity contribution in [3.8, 4) is 0 Å². The van der Waals surface area contributed by atoms with Gasteiger partial charge >= 0.3 is 0 Å². The third kappa shape index (κ3) is 4.32. The Morgan fingerprint density at radius 1 is 1.04 bits per heavy atom. The lowest BCUT2D eigenvalue weighted by Crippen LogP contribution is -2.22. The van der Waals surface area contributed by atoms with E-state index in [2.05, 4.69) is 16.0 Å². The highest BCUT2D eigenvalue weighted by atomic mass is 16.2. The van der Waals surface area contributed by atoms with E-state index >= 15 is 0 Å². The molecule has 23 heavy (non-hydrogen) atoms. The maximum atomic E-state index is 12.1. The molecule has 2 amide bonds. The molecule has 0 radical (unpaired) electrons. The molecule has 0 unspecified atom stereocenters. The molecule has 0 aliphatic heterocycles. The first-order valence-corrected chi connectivity index (χ1v) is 7.43. The first-order valence-electron chi connectivity index (χ1n) is 7.43. The second-order valence-electron chi connectivity index (χ2n) is 5.31. The van der Waals surface area contributed by atoms with E-state index in [1.807, 2.05) is 38.1 Å². The molecule has 5 nitrogen and oxygen atoms in total. The molecule has 5 heteroatoms. The van der Waals surface area contributed by atoms with Gasteiger partial charge in [-0.05, 0) is 49.2 Å². The summed E-state index contributed by atoms with van der Waals surface area (Å²) in [5, 5.41) is 8.49. The topological polar surface area (TPSA) is 70.2 Å². The summed E-state index contributed by atoms with van der Waals surface area (Å²) in [5.41, 5.74) is 4.28. The van der Waals surface area contributed by atoms with Crippen molar-refractivity contribution in [1.82, 2.24) is 5.32 Å². The van der Waals surface area contributed by atoms with Crippen LogP contribution < -0.4 is 16.0 Å². The molecule has 0 aliphatic carbocycles. The van der Waals surface area contributed by atoms with Gasteiger partial charge in [0.2, 0.25) is 5.91 Å². The van der Waals surface area contributed by atoms with Crippen LogP contribution in [0.25, 0.3) is 0 Å². The van der Waals surface area contributed by atoms with Crippen LogP contribution in [0.2, 0.25) is 0 Å². The van der Waals surface area contributed by atoms with E-state index in [9.17, 15) is 9.59 Å². The average molecular weight is 311 g/mol. The number of rotatable bonds is 5. The standard InChI is InChI=1S/C18H21N3O2/c1-12-6-4-9-16(13(12)2)21-17(22)11-20-15-8-5-7-14(10-15)18(23)19-3/h4-10,20H,11H2,1-3H3,(H,19,23)(H,21,22). The van der Waals surface area contributed by atoms with Gasteiger partial charge in [0.05, 0.1) is 6.54 Å². The highest BCUT2D eigenvalue weighted by Crippen LogP contribution is 2.18. The van der Waals surface area contributed by atoms with Gasteiger partial charge in [-0.2, -0.15) is 0 Å². The van der Waals surface area contributed by atoms with Crippen LogP contribution in [-0.2, 0) is 4.79 Å². The van der Waals surface area contributed by atoms with E-state index in [0.717, 1.165) is 22.5 Å². The molecular weight excluding hydrogens is 290 g/mol. The van der Waals surface area contributed by atoms with E-state index in [1.165, 1.54) is 0 Å². The van der Waals surface area contributed by atoms with Gasteiger partial charge in [0.15, 0.2) is 0 Å². The Balaban J connectivity index is 1.97. The van der Waals surface area contributed by atoms with Crippen LogP contribution in [0, 0.1) is 13.8 Å². The fourth-order valence-corrected chi connectivity index (χ4v) is 2.18. The number of amides is 2. The van der Waals surface area contributed by atoms with Crippen LogP contribution in [0.5, 0.6) is 0 Å². The molecule has 0 heterocycles. The Labute approximate surface area is 136 Å². The number of carbonyl (C=O) groups is 2. The Kier molecular flexibility index (Phi) is 5.36. The Hall–Kier alpha value is -2.82. The summed E-state index contributed by atoms with van der Waals surface area (Å²) in [6.45, 7) is 4.11. The van der Waals surface area contributed by atoms with Crippen molar-refractivity contribution < 1.29 is 9.59 Å². The van der Waals surface area contributed by atoms with Crippen molar-refractivity contribution in [3.05, 3.63) is 59.2 Å². The molecule has 2 aromatic rings. The summed E-state index contributed by atoms with van der Waals surface area (Å²) in [6, 6.07) is 12.8. The monoisotopic (exact) mass is 311 g/mol. The summed E-state index contributed by atoms with van der Waals surface area (Å²) >= 11 is 0. The van der Waals surface area contributed by atoms with Gasteiger partial charge in [0.1, 0.15) is 0 Å². The lowest BCUT2D eigenvalue weighted by atomic mass is 10.1. The van der Waals surface area contributed by atoms with E-state index in [-0.39, 0.29) is 18.4 Å². The Morgan fingerprint density at radius 3 is 2.52 bits per heavy atom. The third-order valence-electron chi connectivity index (χ3n) is 3.68. The average Bonchev–Trinajstić information content (AvgIpc) is 2.56. The lowest BCUT2D eigenvalue weighted by Gasteiger charge is -2.12. The SMILES string of the molecule is CNC(=O)c1cccc(NCC(=O)Nc2cccc(C)c2C)c1. The van der Waals surface area contributed by atoms with Gasteiger partial charge in [-0.15, -0.1) is 0 Å². The highest BCUT2D eigenvalue weighted by Gasteiger charge is 2.07. The zero-order valence-corrected chi connectivity index (χ0v) is 13.6. The molecule has 0 spiro atoms. The molecule has 0 saturated heterocycles. The van der Waals surface area contributed by atoms with E-state index in [4.69, 9.17) is 0 Å². The van der Waals surface area contributed by atoms with Gasteiger partial charge in [-0.3, -0.25) is 9.59 Å². The molecule has 0 saturated carbocycles. The first kappa shape index (κ1) is 16.5. The minimum absolute atomic E-state index is 0.130. The first-order chi connectivity index (χ1) is 11.0. The van der Waals surface area contributed by atoms with Crippen molar-refractivity contribution in [3.63, 3.8) is 0 Å². The number of benzene rings is 2. The predicted octanol–water partition coefficient (Wildman–Crippen LogP) is 2.71. The Morgan fingerprint density at radius 2 is 1.78 bits per heavy atom. The largest absolute Gasteiger partial charge is 0.376 e. The molecule has 120 valence electrons. The summed E-state index contributed by atoms with van der Waals surface area (Å²) in [5.74, 6) is -0.294. The van der Waals surface area contributed by atoms with Crippen LogP contribution in [0.15, 0.2) is 42.5 Å². The van der Waals surface area contributed by atoms with Gasteiger partial charge in [0, 0.05) is 24.0 Å². The lowest BCUT2D eigenvalue weighted by molar-refractivity contribution is -0.114. The zero-order chi connectivity index (χ0) is 16.8. The number of aryl methyl sites for hydroxylation is 1. The third-order valence-corrected chi connectivity index (χ3v) is 3.68. The van der Waals surface area contributed by atoms with E-state index < -0.39 is 0 Å². The highest BCUT2D eigenvalue weighted by molar-refractivity contribution is 5.96. The van der Waals surface area contributed by atoms with Gasteiger partial charge in [-0.1, -0.05) is 18.2 Å². The number of hydrogen-bond acceptors (Lipinski definition) is 3. The number of carbonyl (C=O) groups excluding carboxylic acids is 2. The second kappa shape index (κ2) is 7.45. The molecular formula is C18H21N3O2. The van der Waals surface area contributed by atoms with Crippen molar-refractivity contribution in [2.45, 2.75) is 13.8 Å². The molecule has 3 N–H and O–H groups in total. The van der Waals surface area contributed by atoms with Gasteiger partial charge in [0.25, 0.3) is 5.91 Å². The molecule has 0 atom stereocenters. The molecule has 0 aliphatic rings. The fraction of sp³-hybridized carbons (Fsp3) is 0.222. The van der Waals surface area contributed by atoms with Crippen molar-refractivity contribution in [1.29, 1.82) is 0 Å². The number of anilines is 2. The molecule has 0 fully saturated rings. The van der Waals surface area contributed by atoms with Crippen LogP contribution in [0.3, 0.4) is 0 Å². The molecule has 0 aromatic heterocycles. The van der Waals surface area contributed by atoms with E-state index in [1.54, 1.807) is 25.2 Å². The van der Waals surface area contributed by atoms with E-state index in [0.29, 0.717) is 5.56 Å². The fourth-order valence-electron chi connectivity index (χ4n) is 2.18. The maximum Gasteiger partial charge on any atom is 0.251 e. The maximum absolute atomic E-state index is 12.1. The van der Waals surface area contributed by atoms with Crippen LogP contribution in [0.1, 0.15) is 21.5 Å². The summed E-state index contributed by atoms with van der Waals surface area (Å²) in [6.07, 6.45) is 0. The van der Waals surface area contributed by atoms with Crippen LogP contribution >= 0.6 is 0 Å². The number of hydrogen-bond donors (Lipinski definition) is 3. The van der Waals surface area contributed by atoms with Crippen LogP contribution in [-0.4, -0.2) is 25.4 Å². The van der Waals surface area contributed by atoms with Gasteiger partial charge in [-0.25, -0.2) is 0 Å². The summed E-state index contributed by atoms with van der Waals surface area (Å²) in [4.78, 5) is 23.7. The quantitative estimate of drug-likeness (QED) is 0.795. The minimum Gasteiger partial charge on any atom is -0.376 e. The minimum atomic E-state index is -0.159. The van der Waals surface area contributed by atoms with Crippen molar-refractivity contribution in [2.75, 3.05) is 24.2 Å².